The van der Waals surface area contributed by atoms with Crippen molar-refractivity contribution in [3.63, 3.8) is 0 Å². The lowest BCUT2D eigenvalue weighted by molar-refractivity contribution is -0.0459. The zero-order valence-corrected chi connectivity index (χ0v) is 11.6. The molecule has 0 amide bonds. The number of fused-ring (bicyclic) bond motifs is 1. The highest BCUT2D eigenvalue weighted by Gasteiger charge is 2.45. The Balaban J connectivity index is 2.07. The Labute approximate surface area is 119 Å². The van der Waals surface area contributed by atoms with E-state index >= 15 is 0 Å². The number of aliphatic hydroxyl groups is 2. The molecule has 3 rings (SSSR count). The summed E-state index contributed by atoms with van der Waals surface area (Å²) in [6.45, 7) is 1.26. The summed E-state index contributed by atoms with van der Waals surface area (Å²) in [7, 11) is 1.70. The van der Waals surface area contributed by atoms with Crippen molar-refractivity contribution in [3.8, 4) is 0 Å². The Morgan fingerprint density at radius 1 is 1.48 bits per heavy atom. The van der Waals surface area contributed by atoms with Gasteiger partial charge in [0.15, 0.2) is 29.4 Å². The molecule has 2 aromatic heterocycles. The van der Waals surface area contributed by atoms with E-state index in [9.17, 15) is 9.50 Å². The molecule has 0 aromatic carbocycles. The van der Waals surface area contributed by atoms with Crippen LogP contribution in [0.3, 0.4) is 0 Å². The second-order valence-electron chi connectivity index (χ2n) is 4.88. The molecule has 1 aliphatic heterocycles. The summed E-state index contributed by atoms with van der Waals surface area (Å²) in [6, 6.07) is 0. The van der Waals surface area contributed by atoms with Crippen LogP contribution in [0.2, 0.25) is 0 Å². The molecule has 3 heterocycles. The fourth-order valence-electron chi connectivity index (χ4n) is 2.46. The molecular weight excluding hydrogens is 281 g/mol. The van der Waals surface area contributed by atoms with Crippen LogP contribution in [0, 0.1) is 6.92 Å². The van der Waals surface area contributed by atoms with E-state index in [-0.39, 0.29) is 0 Å². The molecule has 3 N–H and O–H groups in total. The molecule has 9 heteroatoms. The molecule has 0 aliphatic carbocycles. The quantitative estimate of drug-likeness (QED) is 0.718. The maximum Gasteiger partial charge on any atom is 0.173 e. The van der Waals surface area contributed by atoms with Crippen molar-refractivity contribution in [2.45, 2.75) is 31.5 Å². The third-order valence-electron chi connectivity index (χ3n) is 3.52. The standard InChI is InChI=1S/C12H16FN5O3/c1-5-16-10(14-2)8-11(17-5)18(4-15-8)12-7(13)9(20)6(3-19)21-12/h4,6-7,9,12,19-20H,3H2,1-2H3,(H,14,16,17)/t6-,7+,9-,12-/m1/s1. The first-order valence-corrected chi connectivity index (χ1v) is 6.54. The Morgan fingerprint density at radius 3 is 2.86 bits per heavy atom. The van der Waals surface area contributed by atoms with Gasteiger partial charge in [-0.1, -0.05) is 0 Å². The van der Waals surface area contributed by atoms with Crippen LogP contribution >= 0.6 is 0 Å². The number of nitrogens with one attached hydrogen (secondary N) is 1. The van der Waals surface area contributed by atoms with Crippen LogP contribution in [0.15, 0.2) is 6.33 Å². The number of aryl methyl sites for hydroxylation is 1. The van der Waals surface area contributed by atoms with Crippen molar-refractivity contribution in [1.82, 2.24) is 19.5 Å². The van der Waals surface area contributed by atoms with Crippen molar-refractivity contribution in [2.24, 2.45) is 0 Å². The number of nitrogens with zero attached hydrogens (tertiary/aromatic N) is 4. The van der Waals surface area contributed by atoms with E-state index in [1.54, 1.807) is 14.0 Å². The normalized spacial score (nSPS) is 29.2. The average Bonchev–Trinajstić information content (AvgIpc) is 3.01. The van der Waals surface area contributed by atoms with E-state index in [2.05, 4.69) is 20.3 Å². The van der Waals surface area contributed by atoms with Crippen molar-refractivity contribution >= 4 is 17.0 Å². The van der Waals surface area contributed by atoms with Crippen LogP contribution in [0.1, 0.15) is 12.1 Å². The zero-order valence-electron chi connectivity index (χ0n) is 11.6. The number of alkyl halides is 1. The largest absolute Gasteiger partial charge is 0.394 e. The van der Waals surface area contributed by atoms with Crippen molar-refractivity contribution < 1.29 is 19.3 Å². The fourth-order valence-corrected chi connectivity index (χ4v) is 2.46. The van der Waals surface area contributed by atoms with Gasteiger partial charge in [-0.15, -0.1) is 0 Å². The summed E-state index contributed by atoms with van der Waals surface area (Å²) in [5, 5.41) is 21.7. The molecule has 0 radical (unpaired) electrons. The number of aromatic nitrogens is 4. The summed E-state index contributed by atoms with van der Waals surface area (Å²) in [4.78, 5) is 12.6. The van der Waals surface area contributed by atoms with E-state index in [0.717, 1.165) is 0 Å². The molecule has 0 unspecified atom stereocenters. The van der Waals surface area contributed by atoms with Crippen LogP contribution in [-0.2, 0) is 4.74 Å². The number of imidazole rings is 1. The molecule has 0 saturated carbocycles. The first-order chi connectivity index (χ1) is 10.1. The summed E-state index contributed by atoms with van der Waals surface area (Å²) < 4.78 is 21.0. The molecule has 1 aliphatic rings. The lowest BCUT2D eigenvalue weighted by atomic mass is 10.1. The highest BCUT2D eigenvalue weighted by molar-refractivity contribution is 5.82. The monoisotopic (exact) mass is 297 g/mol. The van der Waals surface area contributed by atoms with Gasteiger partial charge in [0.2, 0.25) is 0 Å². The molecular formula is C12H16FN5O3. The molecule has 1 saturated heterocycles. The topological polar surface area (TPSA) is 105 Å². The zero-order chi connectivity index (χ0) is 15.1. The van der Waals surface area contributed by atoms with Crippen LogP contribution in [0.5, 0.6) is 0 Å². The first kappa shape index (κ1) is 14.1. The Bertz CT molecular complexity index is 664. The first-order valence-electron chi connectivity index (χ1n) is 6.54. The minimum atomic E-state index is -1.67. The van der Waals surface area contributed by atoms with Crippen LogP contribution in [0.4, 0.5) is 10.2 Å². The Hall–Kier alpha value is -1.84. The van der Waals surface area contributed by atoms with Gasteiger partial charge < -0.3 is 20.3 Å². The van der Waals surface area contributed by atoms with E-state index in [4.69, 9.17) is 9.84 Å². The average molecular weight is 297 g/mol. The van der Waals surface area contributed by atoms with Gasteiger partial charge in [0, 0.05) is 7.05 Å². The van der Waals surface area contributed by atoms with Gasteiger partial charge in [-0.25, -0.2) is 19.3 Å². The maximum absolute atomic E-state index is 14.2. The molecule has 0 bridgehead atoms. The third kappa shape index (κ3) is 2.13. The van der Waals surface area contributed by atoms with Gasteiger partial charge in [0.1, 0.15) is 18.0 Å². The van der Waals surface area contributed by atoms with Gasteiger partial charge >= 0.3 is 0 Å². The molecule has 4 atom stereocenters. The molecule has 2 aromatic rings. The highest BCUT2D eigenvalue weighted by Crippen LogP contribution is 2.34. The van der Waals surface area contributed by atoms with E-state index in [1.165, 1.54) is 10.9 Å². The number of anilines is 1. The molecule has 0 spiro atoms. The smallest absolute Gasteiger partial charge is 0.173 e. The van der Waals surface area contributed by atoms with Crippen LogP contribution < -0.4 is 5.32 Å². The van der Waals surface area contributed by atoms with Gasteiger partial charge in [-0.3, -0.25) is 4.57 Å². The molecule has 114 valence electrons. The predicted molar refractivity (Wildman–Crippen MR) is 71.5 cm³/mol. The molecule has 8 nitrogen and oxygen atoms in total. The summed E-state index contributed by atoms with van der Waals surface area (Å²) in [5.41, 5.74) is 0.895. The van der Waals surface area contributed by atoms with Crippen LogP contribution in [0.25, 0.3) is 11.2 Å². The number of aliphatic hydroxyl groups excluding tert-OH is 2. The number of hydrogen-bond donors (Lipinski definition) is 3. The van der Waals surface area contributed by atoms with E-state index in [0.29, 0.717) is 22.8 Å². The second-order valence-corrected chi connectivity index (χ2v) is 4.88. The summed E-state index contributed by atoms with van der Waals surface area (Å²) in [6.07, 6.45) is -3.71. The minimum Gasteiger partial charge on any atom is -0.394 e. The fraction of sp³-hybridized carbons (Fsp3) is 0.583. The lowest BCUT2D eigenvalue weighted by Crippen LogP contribution is -2.30. The highest BCUT2D eigenvalue weighted by atomic mass is 19.1. The number of hydrogen-bond acceptors (Lipinski definition) is 7. The van der Waals surface area contributed by atoms with Crippen LogP contribution in [-0.4, -0.2) is 61.8 Å². The summed E-state index contributed by atoms with van der Waals surface area (Å²) >= 11 is 0. The molecule has 21 heavy (non-hydrogen) atoms. The van der Waals surface area contributed by atoms with Crippen molar-refractivity contribution in [1.29, 1.82) is 0 Å². The Kier molecular flexibility index (Phi) is 3.47. The SMILES string of the molecule is CNc1nc(C)nc2c1ncn2[C@@H]1O[C@H](CO)[C@@H](O)[C@@H]1F. The number of halogens is 1. The second kappa shape index (κ2) is 5.17. The molecule has 1 fully saturated rings. The van der Waals surface area contributed by atoms with Gasteiger partial charge in [0.05, 0.1) is 12.9 Å². The van der Waals surface area contributed by atoms with Crippen molar-refractivity contribution in [2.75, 3.05) is 19.0 Å². The van der Waals surface area contributed by atoms with Gasteiger partial charge in [-0.05, 0) is 6.92 Å². The van der Waals surface area contributed by atoms with Gasteiger partial charge in [-0.2, -0.15) is 0 Å². The van der Waals surface area contributed by atoms with E-state index < -0.39 is 31.2 Å². The van der Waals surface area contributed by atoms with E-state index in [1.807, 2.05) is 0 Å². The number of ether oxygens (including phenoxy) is 1. The summed E-state index contributed by atoms with van der Waals surface area (Å²) in [5.74, 6) is 1.03. The third-order valence-corrected chi connectivity index (χ3v) is 3.52. The minimum absolute atomic E-state index is 0.408. The Morgan fingerprint density at radius 2 is 2.24 bits per heavy atom. The number of rotatable bonds is 3. The van der Waals surface area contributed by atoms with Crippen molar-refractivity contribution in [3.05, 3.63) is 12.2 Å². The predicted octanol–water partition coefficient (Wildman–Crippen LogP) is -0.235. The van der Waals surface area contributed by atoms with Gasteiger partial charge in [0.25, 0.3) is 0 Å². The maximum atomic E-state index is 14.2. The lowest BCUT2D eigenvalue weighted by Gasteiger charge is -2.15.